The van der Waals surface area contributed by atoms with Crippen LogP contribution in [0.1, 0.15) is 277 Å². The highest BCUT2D eigenvalue weighted by Crippen LogP contribution is 2.43. The number of nitrogens with one attached hydrogen (secondary N) is 1. The number of phosphoric ester groups is 1. The van der Waals surface area contributed by atoms with Crippen molar-refractivity contribution in [2.45, 2.75) is 289 Å². The third kappa shape index (κ3) is 50.7. The molecule has 386 valence electrons. The summed E-state index contributed by atoms with van der Waals surface area (Å²) in [6.45, 7) is 4.81. The first kappa shape index (κ1) is 64.0. The van der Waals surface area contributed by atoms with Crippen molar-refractivity contribution in [2.24, 2.45) is 0 Å². The van der Waals surface area contributed by atoms with Gasteiger partial charge in [-0.25, -0.2) is 4.57 Å². The van der Waals surface area contributed by atoms with E-state index >= 15 is 0 Å². The summed E-state index contributed by atoms with van der Waals surface area (Å²) in [6, 6.07) is -0.859. The molecular formula is C56H112N2O6P+. The lowest BCUT2D eigenvalue weighted by Gasteiger charge is -2.25. The summed E-state index contributed by atoms with van der Waals surface area (Å²) in [5.74, 6) is -0.182. The van der Waals surface area contributed by atoms with Crippen LogP contribution in [0.5, 0.6) is 0 Å². The van der Waals surface area contributed by atoms with E-state index in [2.05, 4.69) is 31.3 Å². The molecule has 0 saturated heterocycles. The summed E-state index contributed by atoms with van der Waals surface area (Å²) in [7, 11) is 1.57. The van der Waals surface area contributed by atoms with Gasteiger partial charge in [0.1, 0.15) is 13.2 Å². The lowest BCUT2D eigenvalue weighted by Crippen LogP contribution is -2.45. The Kier molecular flexibility index (Phi) is 47.3. The maximum Gasteiger partial charge on any atom is 0.472 e. The van der Waals surface area contributed by atoms with E-state index in [-0.39, 0.29) is 19.1 Å². The van der Waals surface area contributed by atoms with Crippen LogP contribution < -0.4 is 5.32 Å². The molecule has 3 N–H and O–H groups in total. The molecule has 0 aromatic rings. The summed E-state index contributed by atoms with van der Waals surface area (Å²) in [6.07, 6.45) is 60.1. The standard InChI is InChI=1S/C56H111N2O6P/c1-6-8-10-12-14-16-18-20-21-22-23-24-25-26-27-28-29-30-31-32-33-34-35-36-38-40-42-44-46-48-50-56(60)57-54(53-64-65(61,62)63-52-51-58(3,4)5)55(59)49-47-45-43-41-39-37-19-17-15-13-11-9-7-2/h39,41,47,49,54-55,59H,6-38,40,42-46,48,50-53H2,1-5H3,(H-,57,60,61,62)/p+1/b41-39+,49-47+. The van der Waals surface area contributed by atoms with Crippen LogP contribution in [0.2, 0.25) is 0 Å². The van der Waals surface area contributed by atoms with Crippen molar-refractivity contribution in [2.75, 3.05) is 40.9 Å². The van der Waals surface area contributed by atoms with Gasteiger partial charge in [0.15, 0.2) is 0 Å². The lowest BCUT2D eigenvalue weighted by atomic mass is 10.0. The molecule has 1 amide bonds. The zero-order valence-electron chi connectivity index (χ0n) is 44.0. The maximum atomic E-state index is 12.9. The number of amides is 1. The Labute approximate surface area is 404 Å². The number of unbranched alkanes of at least 4 members (excludes halogenated alkanes) is 37. The van der Waals surface area contributed by atoms with Gasteiger partial charge in [0, 0.05) is 6.42 Å². The Hall–Kier alpha value is -1.02. The van der Waals surface area contributed by atoms with Crippen LogP contribution in [-0.4, -0.2) is 73.4 Å². The molecule has 3 unspecified atom stereocenters. The number of carbonyl (C=O) groups excluding carboxylic acids is 1. The average Bonchev–Trinajstić information content (AvgIpc) is 3.26. The molecule has 0 radical (unpaired) electrons. The third-order valence-corrected chi connectivity index (χ3v) is 13.9. The summed E-state index contributed by atoms with van der Waals surface area (Å²) in [5.41, 5.74) is 0. The van der Waals surface area contributed by atoms with E-state index in [0.717, 1.165) is 38.5 Å². The number of hydrogen-bond acceptors (Lipinski definition) is 5. The second-order valence-corrected chi connectivity index (χ2v) is 22.1. The molecule has 0 heterocycles. The Morgan fingerprint density at radius 2 is 0.846 bits per heavy atom. The zero-order chi connectivity index (χ0) is 47.8. The van der Waals surface area contributed by atoms with Gasteiger partial charge in [-0.1, -0.05) is 263 Å². The summed E-state index contributed by atoms with van der Waals surface area (Å²) < 4.78 is 23.6. The second kappa shape index (κ2) is 48.0. The summed E-state index contributed by atoms with van der Waals surface area (Å²) in [5, 5.41) is 13.9. The van der Waals surface area contributed by atoms with Gasteiger partial charge in [0.05, 0.1) is 39.9 Å². The number of phosphoric acid groups is 1. The van der Waals surface area contributed by atoms with E-state index in [1.165, 1.54) is 218 Å². The molecule has 0 saturated carbocycles. The molecule has 9 heteroatoms. The molecule has 0 spiro atoms. The van der Waals surface area contributed by atoms with Gasteiger partial charge in [-0.3, -0.25) is 13.8 Å². The fourth-order valence-electron chi connectivity index (χ4n) is 8.47. The van der Waals surface area contributed by atoms with E-state index < -0.39 is 20.0 Å². The van der Waals surface area contributed by atoms with Crippen LogP contribution >= 0.6 is 7.82 Å². The van der Waals surface area contributed by atoms with Gasteiger partial charge >= 0.3 is 7.82 Å². The van der Waals surface area contributed by atoms with Gasteiger partial charge in [-0.2, -0.15) is 0 Å². The minimum absolute atomic E-state index is 0.0585. The number of likely N-dealkylation sites (N-methyl/N-ethyl adjacent to an activating group) is 1. The van der Waals surface area contributed by atoms with Gasteiger partial charge in [0.25, 0.3) is 0 Å². The topological polar surface area (TPSA) is 105 Å². The van der Waals surface area contributed by atoms with Crippen LogP contribution in [0.25, 0.3) is 0 Å². The number of aliphatic hydroxyl groups excluding tert-OH is 1. The SMILES string of the molecule is CCCCCCCCC/C=C/CC/C=C/C(O)C(COP(=O)(O)OCC[N+](C)(C)C)NC(=O)CCCCCCCCCCCCCCCCCCCCCCCCCCCCCCCC. The number of nitrogens with zero attached hydrogens (tertiary/aromatic N) is 1. The fraction of sp³-hybridized carbons (Fsp3) is 0.911. The van der Waals surface area contributed by atoms with Gasteiger partial charge in [-0.15, -0.1) is 0 Å². The highest BCUT2D eigenvalue weighted by Gasteiger charge is 2.27. The predicted molar refractivity (Wildman–Crippen MR) is 281 cm³/mol. The number of hydrogen-bond donors (Lipinski definition) is 3. The lowest BCUT2D eigenvalue weighted by molar-refractivity contribution is -0.870. The Morgan fingerprint density at radius 1 is 0.508 bits per heavy atom. The zero-order valence-corrected chi connectivity index (χ0v) is 44.9. The third-order valence-electron chi connectivity index (χ3n) is 12.9. The van der Waals surface area contributed by atoms with Crippen molar-refractivity contribution in [3.05, 3.63) is 24.3 Å². The number of quaternary nitrogens is 1. The molecule has 0 aromatic heterocycles. The van der Waals surface area contributed by atoms with Crippen molar-refractivity contribution in [1.82, 2.24) is 5.32 Å². The van der Waals surface area contributed by atoms with E-state index in [9.17, 15) is 19.4 Å². The smallest absolute Gasteiger partial charge is 0.387 e. The summed E-state index contributed by atoms with van der Waals surface area (Å²) in [4.78, 5) is 23.2. The van der Waals surface area contributed by atoms with E-state index in [0.29, 0.717) is 17.4 Å². The monoisotopic (exact) mass is 940 g/mol. The maximum absolute atomic E-state index is 12.9. The van der Waals surface area contributed by atoms with Crippen LogP contribution in [0.4, 0.5) is 0 Å². The second-order valence-electron chi connectivity index (χ2n) is 20.7. The predicted octanol–water partition coefficient (Wildman–Crippen LogP) is 16.8. The summed E-state index contributed by atoms with van der Waals surface area (Å²) >= 11 is 0. The first-order chi connectivity index (χ1) is 31.5. The highest BCUT2D eigenvalue weighted by molar-refractivity contribution is 7.47. The van der Waals surface area contributed by atoms with E-state index in [1.54, 1.807) is 6.08 Å². The molecular weight excluding hydrogens is 828 g/mol. The molecule has 8 nitrogen and oxygen atoms in total. The normalized spacial score (nSPS) is 14.1. The molecule has 0 fully saturated rings. The van der Waals surface area contributed by atoms with Crippen molar-refractivity contribution in [1.29, 1.82) is 0 Å². The number of allylic oxidation sites excluding steroid dienone is 3. The molecule has 65 heavy (non-hydrogen) atoms. The minimum atomic E-state index is -4.35. The number of aliphatic hydroxyl groups is 1. The van der Waals surface area contributed by atoms with Gasteiger partial charge in [0.2, 0.25) is 5.91 Å². The van der Waals surface area contributed by atoms with Crippen molar-refractivity contribution in [3.63, 3.8) is 0 Å². The van der Waals surface area contributed by atoms with Crippen LogP contribution in [0.15, 0.2) is 24.3 Å². The van der Waals surface area contributed by atoms with Crippen molar-refractivity contribution >= 4 is 13.7 Å². The minimum Gasteiger partial charge on any atom is -0.387 e. The van der Waals surface area contributed by atoms with E-state index in [4.69, 9.17) is 9.05 Å². The molecule has 0 aliphatic carbocycles. The molecule has 0 aliphatic heterocycles. The van der Waals surface area contributed by atoms with Gasteiger partial charge in [-0.05, 0) is 32.1 Å². The number of carbonyl (C=O) groups is 1. The molecule has 0 bridgehead atoms. The highest BCUT2D eigenvalue weighted by atomic mass is 31.2. The molecule has 0 aromatic carbocycles. The molecule has 0 rings (SSSR count). The average molecular weight is 940 g/mol. The van der Waals surface area contributed by atoms with Crippen LogP contribution in [0.3, 0.4) is 0 Å². The van der Waals surface area contributed by atoms with Crippen LogP contribution in [-0.2, 0) is 18.4 Å². The quantitative estimate of drug-likeness (QED) is 0.0243. The Bertz CT molecular complexity index is 1110. The first-order valence-corrected chi connectivity index (χ1v) is 29.7. The van der Waals surface area contributed by atoms with Crippen LogP contribution in [0, 0.1) is 0 Å². The largest absolute Gasteiger partial charge is 0.472 e. The first-order valence-electron chi connectivity index (χ1n) is 28.2. The van der Waals surface area contributed by atoms with Crippen molar-refractivity contribution in [3.8, 4) is 0 Å². The molecule has 0 aliphatic rings. The Morgan fingerprint density at radius 3 is 1.23 bits per heavy atom. The number of rotatable bonds is 52. The van der Waals surface area contributed by atoms with Gasteiger partial charge < -0.3 is 19.8 Å². The fourth-order valence-corrected chi connectivity index (χ4v) is 9.21. The molecule has 3 atom stereocenters. The Balaban J connectivity index is 4.04. The van der Waals surface area contributed by atoms with E-state index in [1.807, 2.05) is 27.2 Å². The van der Waals surface area contributed by atoms with Crippen molar-refractivity contribution < 1.29 is 32.9 Å².